The number of nitrogens with one attached hydrogen (secondary N) is 1. The molecule has 4 nitrogen and oxygen atoms in total. The molecule has 2 rings (SSSR count). The molecule has 2 aromatic rings. The smallest absolute Gasteiger partial charge is 0.227 e. The first-order valence-electron chi connectivity index (χ1n) is 7.65. The maximum Gasteiger partial charge on any atom is 0.227 e. The Morgan fingerprint density at radius 2 is 1.76 bits per heavy atom. The van der Waals surface area contributed by atoms with Crippen LogP contribution in [0.1, 0.15) is 32.3 Å². The van der Waals surface area contributed by atoms with Crippen molar-refractivity contribution in [3.8, 4) is 0 Å². The summed E-state index contributed by atoms with van der Waals surface area (Å²) in [6.07, 6.45) is 4.01. The van der Waals surface area contributed by atoms with E-state index in [1.807, 2.05) is 24.4 Å². The van der Waals surface area contributed by atoms with Crippen LogP contribution in [0, 0.1) is 6.92 Å². The third-order valence-corrected chi connectivity index (χ3v) is 3.32. The van der Waals surface area contributed by atoms with Gasteiger partial charge >= 0.3 is 0 Å². The summed E-state index contributed by atoms with van der Waals surface area (Å²) in [4.78, 5) is 11.3. The zero-order chi connectivity index (χ0) is 15.1. The fraction of sp³-hybridized carbons (Fsp3) is 0.412. The van der Waals surface area contributed by atoms with Crippen LogP contribution in [0.5, 0.6) is 0 Å². The number of para-hydroxylation sites is 1. The van der Waals surface area contributed by atoms with Crippen LogP contribution >= 0.6 is 0 Å². The maximum atomic E-state index is 4.65. The lowest BCUT2D eigenvalue weighted by Gasteiger charge is -2.21. The average Bonchev–Trinajstić information content (AvgIpc) is 2.50. The van der Waals surface area contributed by atoms with Gasteiger partial charge in [-0.15, -0.1) is 0 Å². The zero-order valence-corrected chi connectivity index (χ0v) is 13.1. The predicted octanol–water partition coefficient (Wildman–Crippen LogP) is 4.16. The fourth-order valence-corrected chi connectivity index (χ4v) is 2.27. The molecule has 21 heavy (non-hydrogen) atoms. The molecule has 0 saturated carbocycles. The first-order valence-corrected chi connectivity index (χ1v) is 7.65. The molecule has 0 spiro atoms. The molecule has 1 N–H and O–H groups in total. The van der Waals surface area contributed by atoms with Crippen molar-refractivity contribution in [1.29, 1.82) is 0 Å². The van der Waals surface area contributed by atoms with E-state index in [0.717, 1.165) is 43.4 Å². The molecule has 0 aliphatic heterocycles. The van der Waals surface area contributed by atoms with E-state index in [-0.39, 0.29) is 0 Å². The van der Waals surface area contributed by atoms with E-state index >= 15 is 0 Å². The van der Waals surface area contributed by atoms with Crippen LogP contribution < -0.4 is 10.2 Å². The average molecular weight is 284 g/mol. The summed E-state index contributed by atoms with van der Waals surface area (Å²) in [5.41, 5.74) is 2.29. The van der Waals surface area contributed by atoms with E-state index in [0.29, 0.717) is 0 Å². The lowest BCUT2D eigenvalue weighted by molar-refractivity contribution is 0.721. The second kappa shape index (κ2) is 7.62. The number of aromatic nitrogens is 2. The van der Waals surface area contributed by atoms with Crippen molar-refractivity contribution >= 4 is 17.5 Å². The zero-order valence-electron chi connectivity index (χ0n) is 13.1. The summed E-state index contributed by atoms with van der Waals surface area (Å²) in [6.45, 7) is 8.42. The summed E-state index contributed by atoms with van der Waals surface area (Å²) < 4.78 is 0. The molecule has 0 bridgehead atoms. The third-order valence-electron chi connectivity index (χ3n) is 3.32. The fourth-order valence-electron chi connectivity index (χ4n) is 2.27. The minimum atomic E-state index is 0.803. The normalized spacial score (nSPS) is 10.4. The van der Waals surface area contributed by atoms with Crippen molar-refractivity contribution in [2.24, 2.45) is 0 Å². The van der Waals surface area contributed by atoms with Gasteiger partial charge in [-0.25, -0.2) is 4.98 Å². The molecular formula is C17H24N4. The van der Waals surface area contributed by atoms with Gasteiger partial charge in [0.05, 0.1) is 0 Å². The highest BCUT2D eigenvalue weighted by Gasteiger charge is 2.08. The molecule has 0 saturated heterocycles. The van der Waals surface area contributed by atoms with Gasteiger partial charge < -0.3 is 10.2 Å². The van der Waals surface area contributed by atoms with Gasteiger partial charge in [0, 0.05) is 25.0 Å². The minimum absolute atomic E-state index is 0.803. The number of hydrogen-bond donors (Lipinski definition) is 1. The first kappa shape index (κ1) is 15.3. The Morgan fingerprint density at radius 1 is 1.05 bits per heavy atom. The Kier molecular flexibility index (Phi) is 5.55. The van der Waals surface area contributed by atoms with Crippen molar-refractivity contribution in [3.05, 3.63) is 42.1 Å². The second-order valence-corrected chi connectivity index (χ2v) is 5.17. The van der Waals surface area contributed by atoms with Gasteiger partial charge in [-0.3, -0.25) is 0 Å². The quantitative estimate of drug-likeness (QED) is 0.829. The van der Waals surface area contributed by atoms with Crippen molar-refractivity contribution < 1.29 is 0 Å². The predicted molar refractivity (Wildman–Crippen MR) is 89.3 cm³/mol. The number of benzene rings is 1. The molecule has 1 aromatic carbocycles. The Bertz CT molecular complexity index is 562. The molecule has 0 aliphatic rings. The highest BCUT2D eigenvalue weighted by Crippen LogP contribution is 2.20. The van der Waals surface area contributed by atoms with Crippen LogP contribution in [0.2, 0.25) is 0 Å². The lowest BCUT2D eigenvalue weighted by atomic mass is 10.2. The molecular weight excluding hydrogens is 260 g/mol. The summed E-state index contributed by atoms with van der Waals surface area (Å²) in [5, 5.41) is 3.37. The molecule has 0 unspecified atom stereocenters. The molecule has 4 heteroatoms. The van der Waals surface area contributed by atoms with Gasteiger partial charge in [-0.2, -0.15) is 4.98 Å². The number of nitrogens with zero attached hydrogens (tertiary/aromatic N) is 3. The summed E-state index contributed by atoms with van der Waals surface area (Å²) >= 11 is 0. The molecule has 1 aromatic heterocycles. The van der Waals surface area contributed by atoms with Crippen molar-refractivity contribution in [2.75, 3.05) is 23.3 Å². The van der Waals surface area contributed by atoms with E-state index in [9.17, 15) is 0 Å². The van der Waals surface area contributed by atoms with E-state index in [2.05, 4.69) is 53.1 Å². The SMILES string of the molecule is CCCN(CCC)c1nccc(Nc2ccccc2C)n1. The monoisotopic (exact) mass is 284 g/mol. The lowest BCUT2D eigenvalue weighted by Crippen LogP contribution is -2.27. The maximum absolute atomic E-state index is 4.65. The number of hydrogen-bond acceptors (Lipinski definition) is 4. The van der Waals surface area contributed by atoms with Crippen LogP contribution in [0.15, 0.2) is 36.5 Å². The minimum Gasteiger partial charge on any atom is -0.341 e. The molecule has 0 atom stereocenters. The largest absolute Gasteiger partial charge is 0.341 e. The molecule has 0 fully saturated rings. The molecule has 1 heterocycles. The van der Waals surface area contributed by atoms with Crippen molar-refractivity contribution in [2.45, 2.75) is 33.6 Å². The van der Waals surface area contributed by atoms with Gasteiger partial charge in [0.15, 0.2) is 0 Å². The van der Waals surface area contributed by atoms with Gasteiger partial charge in [0.1, 0.15) is 5.82 Å². The van der Waals surface area contributed by atoms with Crippen LogP contribution in [0.25, 0.3) is 0 Å². The van der Waals surface area contributed by atoms with Gasteiger partial charge in [0.2, 0.25) is 5.95 Å². The van der Waals surface area contributed by atoms with Crippen molar-refractivity contribution in [1.82, 2.24) is 9.97 Å². The number of rotatable bonds is 7. The second-order valence-electron chi connectivity index (χ2n) is 5.17. The van der Waals surface area contributed by atoms with Crippen LogP contribution in [-0.4, -0.2) is 23.1 Å². The molecule has 112 valence electrons. The van der Waals surface area contributed by atoms with Crippen LogP contribution in [0.3, 0.4) is 0 Å². The first-order chi connectivity index (χ1) is 10.2. The Morgan fingerprint density at radius 3 is 2.43 bits per heavy atom. The van der Waals surface area contributed by atoms with E-state index in [4.69, 9.17) is 0 Å². The number of anilines is 3. The molecule has 0 aliphatic carbocycles. The van der Waals surface area contributed by atoms with Crippen LogP contribution in [0.4, 0.5) is 17.5 Å². The van der Waals surface area contributed by atoms with E-state index in [1.54, 1.807) is 0 Å². The third kappa shape index (κ3) is 4.18. The van der Waals surface area contributed by atoms with E-state index in [1.165, 1.54) is 5.56 Å². The Balaban J connectivity index is 2.18. The van der Waals surface area contributed by atoms with E-state index < -0.39 is 0 Å². The van der Waals surface area contributed by atoms with Gasteiger partial charge in [0.25, 0.3) is 0 Å². The summed E-state index contributed by atoms with van der Waals surface area (Å²) in [6, 6.07) is 10.1. The summed E-state index contributed by atoms with van der Waals surface area (Å²) in [5.74, 6) is 1.64. The summed E-state index contributed by atoms with van der Waals surface area (Å²) in [7, 11) is 0. The molecule has 0 amide bonds. The highest BCUT2D eigenvalue weighted by molar-refractivity contribution is 5.60. The van der Waals surface area contributed by atoms with Crippen LogP contribution in [-0.2, 0) is 0 Å². The van der Waals surface area contributed by atoms with Gasteiger partial charge in [-0.05, 0) is 37.5 Å². The number of aryl methyl sites for hydroxylation is 1. The Labute approximate surface area is 127 Å². The van der Waals surface area contributed by atoms with Gasteiger partial charge in [-0.1, -0.05) is 32.0 Å². The molecule has 0 radical (unpaired) electrons. The Hall–Kier alpha value is -2.10. The standard InChI is InChI=1S/C17H24N4/c1-4-12-21(13-5-2)17-18-11-10-16(20-17)19-15-9-7-6-8-14(15)3/h6-11H,4-5,12-13H2,1-3H3,(H,18,19,20). The highest BCUT2D eigenvalue weighted by atomic mass is 15.3. The van der Waals surface area contributed by atoms with Crippen molar-refractivity contribution in [3.63, 3.8) is 0 Å². The topological polar surface area (TPSA) is 41.1 Å².